The summed E-state index contributed by atoms with van der Waals surface area (Å²) in [7, 11) is 0. The topological polar surface area (TPSA) is 15.3 Å². The van der Waals surface area contributed by atoms with Crippen molar-refractivity contribution in [3.8, 4) is 0 Å². The third-order valence-electron chi connectivity index (χ3n) is 3.61. The average molecular weight is 222 g/mol. The normalized spacial score (nSPS) is 31.6. The van der Waals surface area contributed by atoms with Crippen LogP contribution in [0.1, 0.15) is 33.1 Å². The van der Waals surface area contributed by atoms with Crippen molar-refractivity contribution < 1.29 is 0 Å². The molecular formula is C14H26N2. The first-order valence-electron chi connectivity index (χ1n) is 6.76. The summed E-state index contributed by atoms with van der Waals surface area (Å²) in [6.07, 6.45) is 4.12. The SMILES string of the molecule is C=C(CNC1CC1)CN1CC(C)CC(C)C1. The first kappa shape index (κ1) is 12.1. The van der Waals surface area contributed by atoms with E-state index in [0.29, 0.717) is 0 Å². The zero-order valence-electron chi connectivity index (χ0n) is 10.8. The Morgan fingerprint density at radius 3 is 2.44 bits per heavy atom. The highest BCUT2D eigenvalue weighted by Crippen LogP contribution is 2.22. The quantitative estimate of drug-likeness (QED) is 0.718. The zero-order valence-corrected chi connectivity index (χ0v) is 10.8. The molecule has 0 aromatic heterocycles. The lowest BCUT2D eigenvalue weighted by Crippen LogP contribution is -2.40. The van der Waals surface area contributed by atoms with Gasteiger partial charge >= 0.3 is 0 Å². The lowest BCUT2D eigenvalue weighted by atomic mass is 9.91. The summed E-state index contributed by atoms with van der Waals surface area (Å²) in [5.74, 6) is 1.71. The van der Waals surface area contributed by atoms with Gasteiger partial charge in [0.1, 0.15) is 0 Å². The monoisotopic (exact) mass is 222 g/mol. The van der Waals surface area contributed by atoms with Gasteiger partial charge in [-0.2, -0.15) is 0 Å². The molecule has 2 aliphatic rings. The highest BCUT2D eigenvalue weighted by Gasteiger charge is 2.23. The summed E-state index contributed by atoms with van der Waals surface area (Å²) in [6.45, 7) is 13.6. The van der Waals surface area contributed by atoms with E-state index < -0.39 is 0 Å². The zero-order chi connectivity index (χ0) is 11.5. The van der Waals surface area contributed by atoms with Crippen molar-refractivity contribution >= 4 is 0 Å². The third kappa shape index (κ3) is 3.91. The van der Waals surface area contributed by atoms with Gasteiger partial charge in [-0.25, -0.2) is 0 Å². The molecule has 2 atom stereocenters. The van der Waals surface area contributed by atoms with Gasteiger partial charge in [0.15, 0.2) is 0 Å². The van der Waals surface area contributed by atoms with E-state index in [9.17, 15) is 0 Å². The van der Waals surface area contributed by atoms with Gasteiger partial charge in [0.25, 0.3) is 0 Å². The van der Waals surface area contributed by atoms with Crippen LogP contribution in [0.4, 0.5) is 0 Å². The van der Waals surface area contributed by atoms with Crippen LogP contribution in [-0.2, 0) is 0 Å². The summed E-state index contributed by atoms with van der Waals surface area (Å²) >= 11 is 0. The maximum Gasteiger partial charge on any atom is 0.0203 e. The second kappa shape index (κ2) is 5.33. The fraction of sp³-hybridized carbons (Fsp3) is 0.857. The second-order valence-corrected chi connectivity index (χ2v) is 6.05. The van der Waals surface area contributed by atoms with Crippen LogP contribution in [0.25, 0.3) is 0 Å². The Balaban J connectivity index is 1.68. The molecule has 2 rings (SSSR count). The van der Waals surface area contributed by atoms with Crippen molar-refractivity contribution in [2.24, 2.45) is 11.8 Å². The van der Waals surface area contributed by atoms with Crippen molar-refractivity contribution in [3.63, 3.8) is 0 Å². The molecule has 2 heteroatoms. The minimum absolute atomic E-state index is 0.802. The fourth-order valence-corrected chi connectivity index (χ4v) is 2.87. The van der Waals surface area contributed by atoms with E-state index in [-0.39, 0.29) is 0 Å². The first-order valence-corrected chi connectivity index (χ1v) is 6.76. The molecule has 1 saturated carbocycles. The van der Waals surface area contributed by atoms with Crippen LogP contribution in [-0.4, -0.2) is 37.1 Å². The molecule has 2 nitrogen and oxygen atoms in total. The van der Waals surface area contributed by atoms with E-state index >= 15 is 0 Å². The molecule has 1 aliphatic heterocycles. The Morgan fingerprint density at radius 1 is 1.25 bits per heavy atom. The summed E-state index contributed by atoms with van der Waals surface area (Å²) in [5, 5.41) is 3.54. The number of nitrogens with zero attached hydrogens (tertiary/aromatic N) is 1. The maximum atomic E-state index is 4.19. The Labute approximate surface area is 100 Å². The first-order chi connectivity index (χ1) is 7.63. The van der Waals surface area contributed by atoms with E-state index in [2.05, 4.69) is 30.6 Å². The lowest BCUT2D eigenvalue weighted by Gasteiger charge is -2.35. The fourth-order valence-electron chi connectivity index (χ4n) is 2.87. The van der Waals surface area contributed by atoms with E-state index in [1.54, 1.807) is 0 Å². The van der Waals surface area contributed by atoms with Gasteiger partial charge in [0.05, 0.1) is 0 Å². The highest BCUT2D eigenvalue weighted by molar-refractivity contribution is 5.02. The molecule has 16 heavy (non-hydrogen) atoms. The standard InChI is InChI=1S/C14H26N2/c1-11-6-12(2)9-16(8-11)10-13(3)7-15-14-4-5-14/h11-12,14-15H,3-10H2,1-2H3. The average Bonchev–Trinajstić information content (AvgIpc) is 2.96. The maximum absolute atomic E-state index is 4.19. The van der Waals surface area contributed by atoms with Gasteiger partial charge in [-0.15, -0.1) is 0 Å². The molecule has 0 amide bonds. The molecule has 0 radical (unpaired) electrons. The number of nitrogens with one attached hydrogen (secondary N) is 1. The van der Waals surface area contributed by atoms with Crippen molar-refractivity contribution in [1.29, 1.82) is 0 Å². The molecule has 1 aliphatic carbocycles. The van der Waals surface area contributed by atoms with Gasteiger partial charge in [-0.3, -0.25) is 4.90 Å². The largest absolute Gasteiger partial charge is 0.310 e. The summed E-state index contributed by atoms with van der Waals surface area (Å²) in [6, 6.07) is 0.802. The Kier molecular flexibility index (Phi) is 4.04. The molecule has 0 spiro atoms. The van der Waals surface area contributed by atoms with Crippen molar-refractivity contribution in [2.75, 3.05) is 26.2 Å². The van der Waals surface area contributed by atoms with Gasteiger partial charge in [0, 0.05) is 32.2 Å². The van der Waals surface area contributed by atoms with Gasteiger partial charge in [0.2, 0.25) is 0 Å². The summed E-state index contributed by atoms with van der Waals surface area (Å²) in [5.41, 5.74) is 1.35. The third-order valence-corrected chi connectivity index (χ3v) is 3.61. The molecule has 0 aromatic rings. The van der Waals surface area contributed by atoms with Crippen LogP contribution in [0.2, 0.25) is 0 Å². The van der Waals surface area contributed by atoms with Gasteiger partial charge in [-0.05, 0) is 36.7 Å². The molecule has 0 aromatic carbocycles. The summed E-state index contributed by atoms with van der Waals surface area (Å²) in [4.78, 5) is 2.58. The van der Waals surface area contributed by atoms with E-state index in [1.807, 2.05) is 0 Å². The molecule has 1 N–H and O–H groups in total. The van der Waals surface area contributed by atoms with Crippen molar-refractivity contribution in [3.05, 3.63) is 12.2 Å². The number of hydrogen-bond acceptors (Lipinski definition) is 2. The van der Waals surface area contributed by atoms with E-state index in [0.717, 1.165) is 31.0 Å². The Hall–Kier alpha value is -0.340. The second-order valence-electron chi connectivity index (χ2n) is 6.05. The minimum Gasteiger partial charge on any atom is -0.310 e. The van der Waals surface area contributed by atoms with Gasteiger partial charge < -0.3 is 5.32 Å². The van der Waals surface area contributed by atoms with Crippen LogP contribution in [0, 0.1) is 11.8 Å². The number of rotatable bonds is 5. The minimum atomic E-state index is 0.802. The predicted molar refractivity (Wildman–Crippen MR) is 69.5 cm³/mol. The molecule has 92 valence electrons. The van der Waals surface area contributed by atoms with E-state index in [4.69, 9.17) is 0 Å². The highest BCUT2D eigenvalue weighted by atomic mass is 15.1. The molecule has 1 saturated heterocycles. The van der Waals surface area contributed by atoms with Crippen LogP contribution >= 0.6 is 0 Å². The Bertz CT molecular complexity index is 235. The Morgan fingerprint density at radius 2 is 1.88 bits per heavy atom. The van der Waals surface area contributed by atoms with Crippen LogP contribution < -0.4 is 5.32 Å². The summed E-state index contributed by atoms with van der Waals surface area (Å²) < 4.78 is 0. The molecule has 0 bridgehead atoms. The van der Waals surface area contributed by atoms with Crippen LogP contribution in [0.5, 0.6) is 0 Å². The molecule has 2 unspecified atom stereocenters. The number of hydrogen-bond donors (Lipinski definition) is 1. The van der Waals surface area contributed by atoms with Crippen molar-refractivity contribution in [2.45, 2.75) is 39.2 Å². The molecule has 1 heterocycles. The number of piperidine rings is 1. The van der Waals surface area contributed by atoms with Crippen LogP contribution in [0.15, 0.2) is 12.2 Å². The lowest BCUT2D eigenvalue weighted by molar-refractivity contribution is 0.151. The van der Waals surface area contributed by atoms with Crippen molar-refractivity contribution in [1.82, 2.24) is 10.2 Å². The molecular weight excluding hydrogens is 196 g/mol. The van der Waals surface area contributed by atoms with Crippen LogP contribution in [0.3, 0.4) is 0 Å². The number of likely N-dealkylation sites (tertiary alicyclic amines) is 1. The van der Waals surface area contributed by atoms with Gasteiger partial charge in [-0.1, -0.05) is 20.4 Å². The predicted octanol–water partition coefficient (Wildman–Crippen LogP) is 2.27. The van der Waals surface area contributed by atoms with E-state index in [1.165, 1.54) is 37.9 Å². The smallest absolute Gasteiger partial charge is 0.0203 e. The molecule has 2 fully saturated rings.